The second-order valence-electron chi connectivity index (χ2n) is 3.06. The molecule has 4 nitrogen and oxygen atoms in total. The first-order chi connectivity index (χ1) is 7.06. The zero-order chi connectivity index (χ0) is 11.4. The lowest BCUT2D eigenvalue weighted by molar-refractivity contribution is 0.0828. The lowest BCUT2D eigenvalue weighted by atomic mass is 10.1. The van der Waals surface area contributed by atoms with Crippen LogP contribution in [0.5, 0.6) is 0 Å². The number of amides is 1. The largest absolute Gasteiger partial charge is 0.345 e. The zero-order valence-electron chi connectivity index (χ0n) is 8.32. The molecule has 0 atom stereocenters. The summed E-state index contributed by atoms with van der Waals surface area (Å²) in [5.41, 5.74) is 0.699. The molecule has 1 aromatic rings. The van der Waals surface area contributed by atoms with E-state index in [0.717, 1.165) is 4.47 Å². The number of isocyanates is 1. The van der Waals surface area contributed by atoms with Crippen LogP contribution in [0, 0.1) is 0 Å². The number of halogens is 1. The fourth-order valence-electron chi connectivity index (χ4n) is 1.07. The van der Waals surface area contributed by atoms with Gasteiger partial charge in [0.05, 0.1) is 11.3 Å². The van der Waals surface area contributed by atoms with E-state index in [4.69, 9.17) is 0 Å². The first kappa shape index (κ1) is 11.6. The van der Waals surface area contributed by atoms with Crippen molar-refractivity contribution in [2.45, 2.75) is 0 Å². The fourth-order valence-corrected chi connectivity index (χ4v) is 1.43. The van der Waals surface area contributed by atoms with Crippen molar-refractivity contribution in [3.63, 3.8) is 0 Å². The molecule has 1 amide bonds. The number of nitrogens with zero attached hydrogens (tertiary/aromatic N) is 2. The van der Waals surface area contributed by atoms with Gasteiger partial charge in [-0.05, 0) is 18.2 Å². The van der Waals surface area contributed by atoms with Crippen LogP contribution < -0.4 is 0 Å². The van der Waals surface area contributed by atoms with Crippen molar-refractivity contribution >= 4 is 33.6 Å². The van der Waals surface area contributed by atoms with Gasteiger partial charge in [0, 0.05) is 18.6 Å². The molecule has 0 N–H and O–H groups in total. The Hall–Kier alpha value is -1.45. The van der Waals surface area contributed by atoms with E-state index in [0.29, 0.717) is 11.3 Å². The van der Waals surface area contributed by atoms with Crippen LogP contribution in [0.3, 0.4) is 0 Å². The third-order valence-corrected chi connectivity index (χ3v) is 2.25. The summed E-state index contributed by atoms with van der Waals surface area (Å²) < 4.78 is 0.762. The maximum absolute atomic E-state index is 11.7. The minimum absolute atomic E-state index is 0.203. The lowest BCUT2D eigenvalue weighted by Crippen LogP contribution is -2.21. The maximum Gasteiger partial charge on any atom is 0.255 e. The van der Waals surface area contributed by atoms with E-state index in [1.165, 1.54) is 11.0 Å². The van der Waals surface area contributed by atoms with Gasteiger partial charge in [0.2, 0.25) is 6.08 Å². The average molecular weight is 269 g/mol. The van der Waals surface area contributed by atoms with Crippen molar-refractivity contribution in [2.75, 3.05) is 14.1 Å². The molecule has 1 aromatic carbocycles. The molecule has 0 aromatic heterocycles. The lowest BCUT2D eigenvalue weighted by Gasteiger charge is -2.11. The second kappa shape index (κ2) is 4.87. The normalized spacial score (nSPS) is 9.27. The molecule has 0 spiro atoms. The molecule has 0 radical (unpaired) electrons. The number of rotatable bonds is 2. The Morgan fingerprint density at radius 2 is 2.13 bits per heavy atom. The molecule has 5 heteroatoms. The van der Waals surface area contributed by atoms with E-state index in [2.05, 4.69) is 20.9 Å². The van der Waals surface area contributed by atoms with E-state index in [9.17, 15) is 9.59 Å². The number of aliphatic imine (C=N–C) groups is 1. The van der Waals surface area contributed by atoms with Crippen LogP contribution in [-0.4, -0.2) is 31.0 Å². The maximum atomic E-state index is 11.7. The van der Waals surface area contributed by atoms with Gasteiger partial charge in [-0.1, -0.05) is 15.9 Å². The SMILES string of the molecule is CN(C)C(=O)c1cc(Br)ccc1N=C=O. The third kappa shape index (κ3) is 2.75. The summed E-state index contributed by atoms with van der Waals surface area (Å²) >= 11 is 3.25. The van der Waals surface area contributed by atoms with E-state index < -0.39 is 0 Å². The van der Waals surface area contributed by atoms with Crippen molar-refractivity contribution in [1.82, 2.24) is 4.90 Å². The minimum Gasteiger partial charge on any atom is -0.345 e. The first-order valence-electron chi connectivity index (χ1n) is 4.15. The van der Waals surface area contributed by atoms with E-state index in [1.54, 1.807) is 32.3 Å². The van der Waals surface area contributed by atoms with Crippen LogP contribution in [0.15, 0.2) is 27.7 Å². The predicted molar refractivity (Wildman–Crippen MR) is 59.9 cm³/mol. The molecule has 0 aliphatic rings. The molecule has 0 heterocycles. The van der Waals surface area contributed by atoms with Crippen LogP contribution in [0.1, 0.15) is 10.4 Å². The molecule has 0 saturated carbocycles. The first-order valence-corrected chi connectivity index (χ1v) is 4.94. The highest BCUT2D eigenvalue weighted by molar-refractivity contribution is 9.10. The Morgan fingerprint density at radius 3 is 2.67 bits per heavy atom. The van der Waals surface area contributed by atoms with Crippen LogP contribution in [-0.2, 0) is 4.79 Å². The Morgan fingerprint density at radius 1 is 1.47 bits per heavy atom. The second-order valence-corrected chi connectivity index (χ2v) is 3.98. The van der Waals surface area contributed by atoms with Crippen LogP contribution in [0.2, 0.25) is 0 Å². The Labute approximate surface area is 95.7 Å². The average Bonchev–Trinajstić information content (AvgIpc) is 2.20. The number of hydrogen-bond donors (Lipinski definition) is 0. The van der Waals surface area contributed by atoms with Gasteiger partial charge in [0.25, 0.3) is 5.91 Å². The fraction of sp³-hybridized carbons (Fsp3) is 0.200. The van der Waals surface area contributed by atoms with E-state index >= 15 is 0 Å². The molecule has 0 bridgehead atoms. The number of hydrogen-bond acceptors (Lipinski definition) is 3. The minimum atomic E-state index is -0.203. The van der Waals surface area contributed by atoms with Gasteiger partial charge in [0.15, 0.2) is 0 Å². The van der Waals surface area contributed by atoms with Gasteiger partial charge < -0.3 is 4.90 Å². The van der Waals surface area contributed by atoms with Crippen molar-refractivity contribution in [3.05, 3.63) is 28.2 Å². The van der Waals surface area contributed by atoms with Gasteiger partial charge >= 0.3 is 0 Å². The molecule has 0 aliphatic carbocycles. The molecule has 0 aliphatic heterocycles. The molecule has 1 rings (SSSR count). The highest BCUT2D eigenvalue weighted by Crippen LogP contribution is 2.24. The summed E-state index contributed by atoms with van der Waals surface area (Å²) in [6.07, 6.45) is 1.43. The van der Waals surface area contributed by atoms with Gasteiger partial charge in [-0.15, -0.1) is 0 Å². The van der Waals surface area contributed by atoms with Gasteiger partial charge in [-0.3, -0.25) is 4.79 Å². The molecule has 78 valence electrons. The van der Waals surface area contributed by atoms with E-state index in [-0.39, 0.29) is 5.91 Å². The topological polar surface area (TPSA) is 49.7 Å². The Bertz CT molecular complexity index is 437. The molecule has 0 unspecified atom stereocenters. The highest BCUT2D eigenvalue weighted by atomic mass is 79.9. The van der Waals surface area contributed by atoms with Gasteiger partial charge in [-0.2, -0.15) is 4.99 Å². The molecular formula is C10H9BrN2O2. The van der Waals surface area contributed by atoms with Crippen LogP contribution >= 0.6 is 15.9 Å². The highest BCUT2D eigenvalue weighted by Gasteiger charge is 2.13. The van der Waals surface area contributed by atoms with Crippen molar-refractivity contribution < 1.29 is 9.59 Å². The summed E-state index contributed by atoms with van der Waals surface area (Å²) in [5.74, 6) is -0.203. The quantitative estimate of drug-likeness (QED) is 0.610. The summed E-state index contributed by atoms with van der Waals surface area (Å²) in [4.78, 5) is 26.8. The third-order valence-electron chi connectivity index (χ3n) is 1.76. The predicted octanol–water partition coefficient (Wildman–Crippen LogP) is 2.12. The summed E-state index contributed by atoms with van der Waals surface area (Å²) in [6, 6.07) is 4.92. The Balaban J connectivity index is 3.30. The van der Waals surface area contributed by atoms with Crippen LogP contribution in [0.25, 0.3) is 0 Å². The summed E-state index contributed by atoms with van der Waals surface area (Å²) in [5, 5.41) is 0. The van der Waals surface area contributed by atoms with Crippen molar-refractivity contribution in [3.8, 4) is 0 Å². The standard InChI is InChI=1S/C10H9BrN2O2/c1-13(2)10(15)8-5-7(11)3-4-9(8)12-6-14/h3-5H,1-2H3. The molecular weight excluding hydrogens is 260 g/mol. The zero-order valence-corrected chi connectivity index (χ0v) is 9.91. The van der Waals surface area contributed by atoms with Gasteiger partial charge in [0.1, 0.15) is 0 Å². The molecule has 0 saturated heterocycles. The number of benzene rings is 1. The molecule has 0 fully saturated rings. The van der Waals surface area contributed by atoms with E-state index in [1.807, 2.05) is 0 Å². The smallest absolute Gasteiger partial charge is 0.255 e. The van der Waals surface area contributed by atoms with Crippen molar-refractivity contribution in [2.24, 2.45) is 4.99 Å². The van der Waals surface area contributed by atoms with Gasteiger partial charge in [-0.25, -0.2) is 4.79 Å². The summed E-state index contributed by atoms with van der Waals surface area (Å²) in [7, 11) is 3.27. The van der Waals surface area contributed by atoms with Crippen molar-refractivity contribution in [1.29, 1.82) is 0 Å². The molecule has 15 heavy (non-hydrogen) atoms. The summed E-state index contributed by atoms with van der Waals surface area (Å²) in [6.45, 7) is 0. The number of carbonyl (C=O) groups excluding carboxylic acids is 2. The monoisotopic (exact) mass is 268 g/mol. The van der Waals surface area contributed by atoms with Crippen LogP contribution in [0.4, 0.5) is 5.69 Å². The number of carbonyl (C=O) groups is 1. The Kier molecular flexibility index (Phi) is 3.77.